The summed E-state index contributed by atoms with van der Waals surface area (Å²) in [6.07, 6.45) is 4.92. The molecule has 0 saturated carbocycles. The van der Waals surface area contributed by atoms with Crippen LogP contribution in [-0.4, -0.2) is 9.78 Å². The monoisotopic (exact) mass is 229 g/mol. The number of aryl methyl sites for hydroxylation is 2. The Morgan fingerprint density at radius 1 is 1.18 bits per heavy atom. The summed E-state index contributed by atoms with van der Waals surface area (Å²) in [7, 11) is 0. The topological polar surface area (TPSA) is 43.8 Å². The van der Waals surface area contributed by atoms with Crippen molar-refractivity contribution >= 4 is 0 Å². The normalized spacial score (nSPS) is 12.6. The molecule has 2 aromatic rings. The van der Waals surface area contributed by atoms with Gasteiger partial charge in [0.1, 0.15) is 0 Å². The van der Waals surface area contributed by atoms with Crippen LogP contribution in [0.25, 0.3) is 0 Å². The summed E-state index contributed by atoms with van der Waals surface area (Å²) in [6.45, 7) is 5.10. The summed E-state index contributed by atoms with van der Waals surface area (Å²) < 4.78 is 1.90. The van der Waals surface area contributed by atoms with E-state index in [2.05, 4.69) is 43.2 Å². The number of nitrogens with two attached hydrogens (primary N) is 1. The molecule has 2 N–H and O–H groups in total. The van der Waals surface area contributed by atoms with Crippen LogP contribution in [0.1, 0.15) is 36.6 Å². The molecule has 1 unspecified atom stereocenters. The minimum atomic E-state index is -0.0822. The molecule has 0 aliphatic rings. The van der Waals surface area contributed by atoms with Gasteiger partial charge in [-0.1, -0.05) is 31.2 Å². The number of hydrogen-bond acceptors (Lipinski definition) is 2. The first-order valence-electron chi connectivity index (χ1n) is 6.11. The first-order chi connectivity index (χ1) is 8.24. The summed E-state index contributed by atoms with van der Waals surface area (Å²) in [6, 6.07) is 8.40. The molecule has 90 valence electrons. The Bertz CT molecular complexity index is 470. The second-order valence-electron chi connectivity index (χ2n) is 4.20. The van der Waals surface area contributed by atoms with Gasteiger partial charge in [0.2, 0.25) is 0 Å². The molecular weight excluding hydrogens is 210 g/mol. The fourth-order valence-electron chi connectivity index (χ4n) is 1.87. The van der Waals surface area contributed by atoms with Crippen molar-refractivity contribution in [2.45, 2.75) is 32.9 Å². The van der Waals surface area contributed by atoms with E-state index in [1.165, 1.54) is 5.56 Å². The van der Waals surface area contributed by atoms with Crippen molar-refractivity contribution in [1.82, 2.24) is 9.78 Å². The Hall–Kier alpha value is -1.61. The number of benzene rings is 1. The van der Waals surface area contributed by atoms with E-state index in [9.17, 15) is 0 Å². The van der Waals surface area contributed by atoms with Crippen LogP contribution < -0.4 is 5.73 Å². The highest BCUT2D eigenvalue weighted by Gasteiger charge is 2.10. The second kappa shape index (κ2) is 5.15. The Morgan fingerprint density at radius 3 is 2.41 bits per heavy atom. The highest BCUT2D eigenvalue weighted by molar-refractivity contribution is 5.31. The summed E-state index contributed by atoms with van der Waals surface area (Å²) >= 11 is 0. The first-order valence-corrected chi connectivity index (χ1v) is 6.11. The van der Waals surface area contributed by atoms with Crippen molar-refractivity contribution in [2.75, 3.05) is 0 Å². The van der Waals surface area contributed by atoms with Gasteiger partial charge in [-0.25, -0.2) is 0 Å². The fraction of sp³-hybridized carbons (Fsp3) is 0.357. The zero-order chi connectivity index (χ0) is 12.3. The van der Waals surface area contributed by atoms with Crippen LogP contribution in [0.5, 0.6) is 0 Å². The minimum Gasteiger partial charge on any atom is -0.320 e. The van der Waals surface area contributed by atoms with E-state index in [0.717, 1.165) is 24.1 Å². The van der Waals surface area contributed by atoms with Crippen LogP contribution in [0.15, 0.2) is 36.7 Å². The molecule has 0 aliphatic carbocycles. The van der Waals surface area contributed by atoms with Gasteiger partial charge in [0.05, 0.1) is 12.2 Å². The molecule has 1 atom stereocenters. The van der Waals surface area contributed by atoms with Crippen LogP contribution >= 0.6 is 0 Å². The maximum Gasteiger partial charge on any atom is 0.0582 e. The third-order valence-electron chi connectivity index (χ3n) is 3.08. The predicted octanol–water partition coefficient (Wildman–Crippen LogP) is 2.51. The smallest absolute Gasteiger partial charge is 0.0582 e. The molecule has 0 amide bonds. The number of nitrogens with zero attached hydrogens (tertiary/aromatic N) is 2. The third-order valence-corrected chi connectivity index (χ3v) is 3.08. The summed E-state index contributed by atoms with van der Waals surface area (Å²) in [5, 5.41) is 4.25. The predicted molar refractivity (Wildman–Crippen MR) is 69.8 cm³/mol. The summed E-state index contributed by atoms with van der Waals surface area (Å²) in [4.78, 5) is 0. The maximum absolute atomic E-state index is 6.22. The van der Waals surface area contributed by atoms with Crippen molar-refractivity contribution < 1.29 is 0 Å². The quantitative estimate of drug-likeness (QED) is 0.875. The second-order valence-corrected chi connectivity index (χ2v) is 4.20. The molecule has 0 bridgehead atoms. The minimum absolute atomic E-state index is 0.0822. The molecule has 0 fully saturated rings. The average molecular weight is 229 g/mol. The van der Waals surface area contributed by atoms with E-state index in [-0.39, 0.29) is 6.04 Å². The van der Waals surface area contributed by atoms with Crippen molar-refractivity contribution in [1.29, 1.82) is 0 Å². The summed E-state index contributed by atoms with van der Waals surface area (Å²) in [5.41, 5.74) is 9.76. The standard InChI is InChI=1S/C14H19N3/c1-3-11-5-7-12(8-6-11)14(15)13-9-16-17(4-2)10-13/h5-10,14H,3-4,15H2,1-2H3. The van der Waals surface area contributed by atoms with Gasteiger partial charge in [-0.2, -0.15) is 5.10 Å². The van der Waals surface area contributed by atoms with E-state index in [1.807, 2.05) is 17.1 Å². The van der Waals surface area contributed by atoms with E-state index >= 15 is 0 Å². The number of aromatic nitrogens is 2. The molecule has 0 saturated heterocycles. The Labute approximate surface area is 102 Å². The molecule has 0 radical (unpaired) electrons. The van der Waals surface area contributed by atoms with Crippen molar-refractivity contribution in [3.05, 3.63) is 53.3 Å². The maximum atomic E-state index is 6.22. The van der Waals surface area contributed by atoms with Crippen LogP contribution in [0.2, 0.25) is 0 Å². The Balaban J connectivity index is 2.20. The van der Waals surface area contributed by atoms with Gasteiger partial charge in [0.15, 0.2) is 0 Å². The van der Waals surface area contributed by atoms with Gasteiger partial charge in [0, 0.05) is 18.3 Å². The summed E-state index contributed by atoms with van der Waals surface area (Å²) in [5.74, 6) is 0. The van der Waals surface area contributed by atoms with Crippen LogP contribution in [0.4, 0.5) is 0 Å². The van der Waals surface area contributed by atoms with Crippen molar-refractivity contribution in [3.63, 3.8) is 0 Å². The van der Waals surface area contributed by atoms with Gasteiger partial charge < -0.3 is 5.73 Å². The fourth-order valence-corrected chi connectivity index (χ4v) is 1.87. The lowest BCUT2D eigenvalue weighted by Crippen LogP contribution is -2.11. The lowest BCUT2D eigenvalue weighted by molar-refractivity contribution is 0.658. The lowest BCUT2D eigenvalue weighted by atomic mass is 10.0. The van der Waals surface area contributed by atoms with E-state index in [0.29, 0.717) is 0 Å². The zero-order valence-corrected chi connectivity index (χ0v) is 10.4. The van der Waals surface area contributed by atoms with E-state index in [1.54, 1.807) is 0 Å². The van der Waals surface area contributed by atoms with Crippen molar-refractivity contribution in [3.8, 4) is 0 Å². The lowest BCUT2D eigenvalue weighted by Gasteiger charge is -2.10. The Kier molecular flexibility index (Phi) is 3.59. The van der Waals surface area contributed by atoms with Crippen LogP contribution in [0, 0.1) is 0 Å². The largest absolute Gasteiger partial charge is 0.320 e. The van der Waals surface area contributed by atoms with Gasteiger partial charge in [0.25, 0.3) is 0 Å². The van der Waals surface area contributed by atoms with Gasteiger partial charge in [-0.3, -0.25) is 4.68 Å². The highest BCUT2D eigenvalue weighted by atomic mass is 15.3. The van der Waals surface area contributed by atoms with Crippen LogP contribution in [-0.2, 0) is 13.0 Å². The highest BCUT2D eigenvalue weighted by Crippen LogP contribution is 2.19. The molecule has 1 heterocycles. The van der Waals surface area contributed by atoms with E-state index < -0.39 is 0 Å². The molecule has 0 aliphatic heterocycles. The third kappa shape index (κ3) is 2.56. The molecule has 17 heavy (non-hydrogen) atoms. The van der Waals surface area contributed by atoms with Gasteiger partial charge in [-0.15, -0.1) is 0 Å². The number of hydrogen-bond donors (Lipinski definition) is 1. The van der Waals surface area contributed by atoms with E-state index in [4.69, 9.17) is 5.73 Å². The molecule has 3 nitrogen and oxygen atoms in total. The average Bonchev–Trinajstić information content (AvgIpc) is 2.87. The van der Waals surface area contributed by atoms with Crippen LogP contribution in [0.3, 0.4) is 0 Å². The Morgan fingerprint density at radius 2 is 1.88 bits per heavy atom. The zero-order valence-electron chi connectivity index (χ0n) is 10.4. The first kappa shape index (κ1) is 11.9. The molecule has 0 spiro atoms. The SMILES string of the molecule is CCc1ccc(C(N)c2cnn(CC)c2)cc1. The van der Waals surface area contributed by atoms with Gasteiger partial charge in [-0.05, 0) is 24.5 Å². The van der Waals surface area contributed by atoms with Crippen molar-refractivity contribution in [2.24, 2.45) is 5.73 Å². The molecular formula is C14H19N3. The number of rotatable bonds is 4. The molecule has 1 aromatic heterocycles. The molecule has 3 heteroatoms. The van der Waals surface area contributed by atoms with Gasteiger partial charge >= 0.3 is 0 Å². The molecule has 1 aromatic carbocycles. The molecule has 2 rings (SSSR count).